The van der Waals surface area contributed by atoms with Crippen LogP contribution in [0.3, 0.4) is 0 Å². The van der Waals surface area contributed by atoms with Crippen molar-refractivity contribution in [2.45, 2.75) is 26.4 Å². The number of nitrogens with two attached hydrogens (primary N) is 1. The van der Waals surface area contributed by atoms with Crippen LogP contribution in [0, 0.1) is 5.92 Å². The van der Waals surface area contributed by atoms with Crippen molar-refractivity contribution in [1.29, 1.82) is 0 Å². The largest absolute Gasteiger partial charge is 0.338 e. The molecule has 118 valence electrons. The average molecular weight is 350 g/mol. The van der Waals surface area contributed by atoms with E-state index in [4.69, 9.17) is 5.73 Å². The zero-order chi connectivity index (χ0) is 14.0. The Hall–Kier alpha value is -0.880. The molecular formula is C14H21Cl2N3OS. The smallest absolute Gasteiger partial charge is 0.239 e. The number of para-hydroxylation sites is 1. The van der Waals surface area contributed by atoms with E-state index in [-0.39, 0.29) is 36.6 Å². The molecule has 1 atom stereocenters. The van der Waals surface area contributed by atoms with Gasteiger partial charge >= 0.3 is 0 Å². The van der Waals surface area contributed by atoms with E-state index in [1.54, 1.807) is 23.3 Å². The molecule has 1 aromatic heterocycles. The first-order valence-electron chi connectivity index (χ1n) is 6.34. The van der Waals surface area contributed by atoms with E-state index < -0.39 is 6.04 Å². The van der Waals surface area contributed by atoms with Crippen molar-refractivity contribution >= 4 is 52.3 Å². The molecule has 0 fully saturated rings. The second kappa shape index (κ2) is 8.54. The van der Waals surface area contributed by atoms with Gasteiger partial charge in [-0.15, -0.1) is 36.2 Å². The number of halogens is 2. The Balaban J connectivity index is 0.00000200. The lowest BCUT2D eigenvalue weighted by Crippen LogP contribution is -2.44. The Bertz CT molecular complexity index is 555. The first-order chi connectivity index (χ1) is 8.99. The molecule has 2 N–H and O–H groups in total. The van der Waals surface area contributed by atoms with E-state index in [1.807, 2.05) is 38.1 Å². The highest BCUT2D eigenvalue weighted by molar-refractivity contribution is 7.18. The van der Waals surface area contributed by atoms with Crippen LogP contribution in [0.25, 0.3) is 10.2 Å². The molecule has 1 amide bonds. The normalized spacial score (nSPS) is 11.7. The summed E-state index contributed by atoms with van der Waals surface area (Å²) in [7, 11) is 1.77. The Labute approximate surface area is 141 Å². The van der Waals surface area contributed by atoms with Crippen molar-refractivity contribution < 1.29 is 4.79 Å². The van der Waals surface area contributed by atoms with E-state index in [2.05, 4.69) is 4.98 Å². The maximum Gasteiger partial charge on any atom is 0.239 e. The van der Waals surface area contributed by atoms with E-state index in [0.717, 1.165) is 15.2 Å². The third-order valence-electron chi connectivity index (χ3n) is 3.09. The predicted octanol–water partition coefficient (Wildman–Crippen LogP) is 3.08. The molecule has 0 radical (unpaired) electrons. The lowest BCUT2D eigenvalue weighted by Gasteiger charge is -2.22. The first kappa shape index (κ1) is 20.1. The quantitative estimate of drug-likeness (QED) is 0.922. The van der Waals surface area contributed by atoms with Gasteiger partial charge in [0.05, 0.1) is 22.8 Å². The van der Waals surface area contributed by atoms with Crippen LogP contribution >= 0.6 is 36.2 Å². The van der Waals surface area contributed by atoms with Crippen LogP contribution in [0.4, 0.5) is 0 Å². The Morgan fingerprint density at radius 1 is 1.33 bits per heavy atom. The molecule has 0 bridgehead atoms. The number of likely N-dealkylation sites (N-methyl/N-ethyl adjacent to an activating group) is 1. The maximum atomic E-state index is 12.1. The van der Waals surface area contributed by atoms with Gasteiger partial charge < -0.3 is 10.6 Å². The standard InChI is InChI=1S/C14H19N3OS.2ClH/c1-9(2)13(15)14(18)17(3)8-12-16-10-6-4-5-7-11(10)19-12;;/h4-7,9,13H,8,15H2,1-3H3;2*1H. The van der Waals surface area contributed by atoms with Crippen molar-refractivity contribution in [3.63, 3.8) is 0 Å². The monoisotopic (exact) mass is 349 g/mol. The van der Waals surface area contributed by atoms with Gasteiger partial charge in [-0.2, -0.15) is 0 Å². The summed E-state index contributed by atoms with van der Waals surface area (Å²) in [5, 5.41) is 0.938. The SMILES string of the molecule is CC(C)C(N)C(=O)N(C)Cc1nc2ccccc2s1.Cl.Cl. The molecule has 2 rings (SSSR count). The van der Waals surface area contributed by atoms with Crippen LogP contribution < -0.4 is 5.73 Å². The number of rotatable bonds is 4. The van der Waals surface area contributed by atoms with Crippen molar-refractivity contribution in [1.82, 2.24) is 9.88 Å². The van der Waals surface area contributed by atoms with Gasteiger partial charge in [0, 0.05) is 7.05 Å². The number of thiazole rings is 1. The van der Waals surface area contributed by atoms with Crippen LogP contribution in [0.1, 0.15) is 18.9 Å². The molecule has 0 aliphatic carbocycles. The van der Waals surface area contributed by atoms with Gasteiger partial charge in [0.15, 0.2) is 0 Å². The molecule has 0 aliphatic rings. The zero-order valence-corrected chi connectivity index (χ0v) is 14.7. The molecule has 0 spiro atoms. The Morgan fingerprint density at radius 2 is 1.95 bits per heavy atom. The molecule has 21 heavy (non-hydrogen) atoms. The van der Waals surface area contributed by atoms with Crippen molar-refractivity contribution in [3.05, 3.63) is 29.3 Å². The summed E-state index contributed by atoms with van der Waals surface area (Å²) in [5.41, 5.74) is 6.86. The number of fused-ring (bicyclic) bond motifs is 1. The third kappa shape index (κ3) is 4.81. The minimum Gasteiger partial charge on any atom is -0.338 e. The van der Waals surface area contributed by atoms with Gasteiger partial charge in [-0.1, -0.05) is 26.0 Å². The molecular weight excluding hydrogens is 329 g/mol. The Kier molecular flexibility index (Phi) is 8.18. The summed E-state index contributed by atoms with van der Waals surface area (Å²) >= 11 is 1.62. The fourth-order valence-electron chi connectivity index (χ4n) is 1.81. The van der Waals surface area contributed by atoms with Gasteiger partial charge in [-0.05, 0) is 18.1 Å². The van der Waals surface area contributed by atoms with Crippen LogP contribution in [0.2, 0.25) is 0 Å². The van der Waals surface area contributed by atoms with Gasteiger partial charge in [-0.3, -0.25) is 4.79 Å². The number of hydrogen-bond acceptors (Lipinski definition) is 4. The molecule has 2 aromatic rings. The zero-order valence-electron chi connectivity index (χ0n) is 12.3. The first-order valence-corrected chi connectivity index (χ1v) is 7.15. The summed E-state index contributed by atoms with van der Waals surface area (Å²) in [6, 6.07) is 7.54. The summed E-state index contributed by atoms with van der Waals surface area (Å²) in [6.45, 7) is 4.42. The van der Waals surface area contributed by atoms with Crippen molar-refractivity contribution in [2.75, 3.05) is 7.05 Å². The second-order valence-corrected chi connectivity index (χ2v) is 6.15. The predicted molar refractivity (Wildman–Crippen MR) is 93.4 cm³/mol. The molecule has 1 heterocycles. The number of benzene rings is 1. The summed E-state index contributed by atoms with van der Waals surface area (Å²) in [4.78, 5) is 18.3. The van der Waals surface area contributed by atoms with Gasteiger partial charge in [0.25, 0.3) is 0 Å². The topological polar surface area (TPSA) is 59.2 Å². The van der Waals surface area contributed by atoms with Crippen LogP contribution in [-0.4, -0.2) is 28.9 Å². The lowest BCUT2D eigenvalue weighted by atomic mass is 10.0. The molecule has 7 heteroatoms. The van der Waals surface area contributed by atoms with Crippen LogP contribution in [-0.2, 0) is 11.3 Å². The fourth-order valence-corrected chi connectivity index (χ4v) is 2.83. The molecule has 0 saturated heterocycles. The molecule has 0 aliphatic heterocycles. The van der Waals surface area contributed by atoms with E-state index in [0.29, 0.717) is 6.54 Å². The Morgan fingerprint density at radius 3 is 2.52 bits per heavy atom. The number of amides is 1. The van der Waals surface area contributed by atoms with Crippen molar-refractivity contribution in [3.8, 4) is 0 Å². The average Bonchev–Trinajstić information content (AvgIpc) is 2.78. The van der Waals surface area contributed by atoms with Gasteiger partial charge in [-0.25, -0.2) is 4.98 Å². The number of carbonyl (C=O) groups excluding carboxylic acids is 1. The lowest BCUT2D eigenvalue weighted by molar-refractivity contribution is -0.132. The van der Waals surface area contributed by atoms with E-state index in [9.17, 15) is 4.79 Å². The van der Waals surface area contributed by atoms with E-state index >= 15 is 0 Å². The molecule has 1 unspecified atom stereocenters. The van der Waals surface area contributed by atoms with Crippen LogP contribution in [0.5, 0.6) is 0 Å². The molecule has 0 saturated carbocycles. The van der Waals surface area contributed by atoms with Gasteiger partial charge in [0.1, 0.15) is 5.01 Å². The number of aromatic nitrogens is 1. The van der Waals surface area contributed by atoms with Crippen LogP contribution in [0.15, 0.2) is 24.3 Å². The van der Waals surface area contributed by atoms with E-state index in [1.165, 1.54) is 0 Å². The summed E-state index contributed by atoms with van der Waals surface area (Å²) in [6.07, 6.45) is 0. The third-order valence-corrected chi connectivity index (χ3v) is 4.11. The molecule has 1 aromatic carbocycles. The highest BCUT2D eigenvalue weighted by atomic mass is 35.5. The number of carbonyl (C=O) groups is 1. The minimum absolute atomic E-state index is 0. The second-order valence-electron chi connectivity index (χ2n) is 5.04. The highest BCUT2D eigenvalue weighted by Crippen LogP contribution is 2.22. The molecule has 4 nitrogen and oxygen atoms in total. The fraction of sp³-hybridized carbons (Fsp3) is 0.429. The van der Waals surface area contributed by atoms with Gasteiger partial charge in [0.2, 0.25) is 5.91 Å². The highest BCUT2D eigenvalue weighted by Gasteiger charge is 2.21. The van der Waals surface area contributed by atoms with Crippen molar-refractivity contribution in [2.24, 2.45) is 11.7 Å². The summed E-state index contributed by atoms with van der Waals surface area (Å²) < 4.78 is 1.14. The summed E-state index contributed by atoms with van der Waals surface area (Å²) in [5.74, 6) is 0.111. The minimum atomic E-state index is -0.445. The maximum absolute atomic E-state index is 12.1. The number of nitrogens with zero attached hydrogens (tertiary/aromatic N) is 2. The number of hydrogen-bond donors (Lipinski definition) is 1.